The lowest BCUT2D eigenvalue weighted by Crippen LogP contribution is -2.47. The summed E-state index contributed by atoms with van der Waals surface area (Å²) in [5.41, 5.74) is 0.938. The number of carbonyl (C=O) groups is 3. The van der Waals surface area contributed by atoms with Gasteiger partial charge in [-0.1, -0.05) is 72.8 Å². The molecule has 1 fully saturated rings. The molecule has 1 aliphatic heterocycles. The lowest BCUT2D eigenvalue weighted by molar-refractivity contribution is -0.135. The standard InChI is InChI=1S/C26H24FN3O3/c1-18(20-12-14-22(27)15-13-20)28-23(31)17-30-24(32)26(29-25(30)33,21-10-6-3-7-11-21)16-19-8-4-2-5-9-19/h2-15,18H,16-17H2,1H3,(H,28,31)(H,29,33). The van der Waals surface area contributed by atoms with Gasteiger partial charge in [0.25, 0.3) is 5.91 Å². The van der Waals surface area contributed by atoms with Crippen LogP contribution in [0.5, 0.6) is 0 Å². The lowest BCUT2D eigenvalue weighted by Gasteiger charge is -2.27. The van der Waals surface area contributed by atoms with Crippen LogP contribution in [0.3, 0.4) is 0 Å². The zero-order valence-corrected chi connectivity index (χ0v) is 18.1. The SMILES string of the molecule is CC(NC(=O)CN1C(=O)NC(Cc2ccccc2)(c2ccccc2)C1=O)c1ccc(F)cc1. The van der Waals surface area contributed by atoms with E-state index in [9.17, 15) is 18.8 Å². The van der Waals surface area contributed by atoms with Crippen molar-refractivity contribution in [2.75, 3.05) is 6.54 Å². The van der Waals surface area contributed by atoms with E-state index < -0.39 is 36.0 Å². The largest absolute Gasteiger partial charge is 0.348 e. The fourth-order valence-corrected chi connectivity index (χ4v) is 4.08. The Bertz CT molecular complexity index is 1150. The third-order valence-electron chi connectivity index (χ3n) is 5.80. The summed E-state index contributed by atoms with van der Waals surface area (Å²) < 4.78 is 13.2. The Morgan fingerprint density at radius 2 is 1.58 bits per heavy atom. The smallest absolute Gasteiger partial charge is 0.325 e. The van der Waals surface area contributed by atoms with Gasteiger partial charge in [0.1, 0.15) is 12.4 Å². The van der Waals surface area contributed by atoms with Crippen LogP contribution in [-0.4, -0.2) is 29.3 Å². The molecule has 7 heteroatoms. The number of nitrogens with zero attached hydrogens (tertiary/aromatic N) is 1. The summed E-state index contributed by atoms with van der Waals surface area (Å²) in [5, 5.41) is 5.61. The van der Waals surface area contributed by atoms with Gasteiger partial charge in [0.2, 0.25) is 5.91 Å². The number of benzene rings is 3. The highest BCUT2D eigenvalue weighted by atomic mass is 19.1. The van der Waals surface area contributed by atoms with Gasteiger partial charge >= 0.3 is 6.03 Å². The molecule has 1 heterocycles. The highest BCUT2D eigenvalue weighted by Gasteiger charge is 2.52. The minimum atomic E-state index is -1.30. The van der Waals surface area contributed by atoms with Crippen LogP contribution in [-0.2, 0) is 21.5 Å². The van der Waals surface area contributed by atoms with E-state index in [0.717, 1.165) is 10.5 Å². The van der Waals surface area contributed by atoms with E-state index in [1.54, 1.807) is 43.3 Å². The molecule has 33 heavy (non-hydrogen) atoms. The Labute approximate surface area is 191 Å². The molecule has 0 aliphatic carbocycles. The molecule has 0 spiro atoms. The summed E-state index contributed by atoms with van der Waals surface area (Å²) in [5.74, 6) is -1.33. The van der Waals surface area contributed by atoms with E-state index in [0.29, 0.717) is 11.1 Å². The Kier molecular flexibility index (Phi) is 6.22. The average molecular weight is 445 g/mol. The molecule has 1 saturated heterocycles. The van der Waals surface area contributed by atoms with Crippen molar-refractivity contribution >= 4 is 17.8 Å². The monoisotopic (exact) mass is 445 g/mol. The molecule has 168 valence electrons. The normalized spacial score (nSPS) is 18.7. The molecule has 4 rings (SSSR count). The number of imide groups is 1. The second kappa shape index (κ2) is 9.24. The molecule has 2 N–H and O–H groups in total. The number of amides is 4. The van der Waals surface area contributed by atoms with E-state index in [1.807, 2.05) is 36.4 Å². The molecule has 3 aromatic rings. The van der Waals surface area contributed by atoms with Crippen molar-refractivity contribution in [3.63, 3.8) is 0 Å². The van der Waals surface area contributed by atoms with Crippen molar-refractivity contribution in [3.05, 3.63) is 107 Å². The van der Waals surface area contributed by atoms with E-state index in [1.165, 1.54) is 12.1 Å². The molecule has 2 atom stereocenters. The van der Waals surface area contributed by atoms with Crippen LogP contribution in [0.25, 0.3) is 0 Å². The maximum atomic E-state index is 13.6. The van der Waals surface area contributed by atoms with Gasteiger partial charge in [-0.15, -0.1) is 0 Å². The van der Waals surface area contributed by atoms with Crippen LogP contribution in [0.1, 0.15) is 29.7 Å². The lowest BCUT2D eigenvalue weighted by atomic mass is 9.83. The van der Waals surface area contributed by atoms with Crippen molar-refractivity contribution in [2.24, 2.45) is 0 Å². The first-order valence-corrected chi connectivity index (χ1v) is 10.7. The predicted octanol–water partition coefficient (Wildman–Crippen LogP) is 3.69. The molecule has 0 saturated carbocycles. The number of hydrogen-bond donors (Lipinski definition) is 2. The highest BCUT2D eigenvalue weighted by Crippen LogP contribution is 2.33. The third kappa shape index (κ3) is 4.62. The Hall–Kier alpha value is -4.00. The van der Waals surface area contributed by atoms with Crippen LogP contribution < -0.4 is 10.6 Å². The summed E-state index contributed by atoms with van der Waals surface area (Å²) in [7, 11) is 0. The molecule has 0 bridgehead atoms. The van der Waals surface area contributed by atoms with Crippen LogP contribution in [0.15, 0.2) is 84.9 Å². The van der Waals surface area contributed by atoms with Gasteiger partial charge in [-0.2, -0.15) is 0 Å². The van der Waals surface area contributed by atoms with Crippen molar-refractivity contribution < 1.29 is 18.8 Å². The third-order valence-corrected chi connectivity index (χ3v) is 5.80. The predicted molar refractivity (Wildman–Crippen MR) is 121 cm³/mol. The fourth-order valence-electron chi connectivity index (χ4n) is 4.08. The summed E-state index contributed by atoms with van der Waals surface area (Å²) in [6.45, 7) is 1.33. The molecule has 1 aliphatic rings. The molecular weight excluding hydrogens is 421 g/mol. The van der Waals surface area contributed by atoms with E-state index in [4.69, 9.17) is 0 Å². The molecular formula is C26H24FN3O3. The van der Waals surface area contributed by atoms with Crippen molar-refractivity contribution in [1.29, 1.82) is 0 Å². The van der Waals surface area contributed by atoms with Gasteiger partial charge in [0.15, 0.2) is 5.54 Å². The summed E-state index contributed by atoms with van der Waals surface area (Å²) in [6, 6.07) is 23.2. The molecule has 6 nitrogen and oxygen atoms in total. The van der Waals surface area contributed by atoms with Gasteiger partial charge in [-0.25, -0.2) is 9.18 Å². The van der Waals surface area contributed by atoms with E-state index in [-0.39, 0.29) is 12.2 Å². The molecule has 2 unspecified atom stereocenters. The van der Waals surface area contributed by atoms with Gasteiger partial charge in [0, 0.05) is 6.42 Å². The number of rotatable bonds is 7. The fraction of sp³-hybridized carbons (Fsp3) is 0.192. The van der Waals surface area contributed by atoms with Crippen molar-refractivity contribution in [3.8, 4) is 0 Å². The summed E-state index contributed by atoms with van der Waals surface area (Å²) in [4.78, 5) is 40.1. The van der Waals surface area contributed by atoms with Crippen LogP contribution in [0.2, 0.25) is 0 Å². The van der Waals surface area contributed by atoms with Gasteiger partial charge in [-0.05, 0) is 35.7 Å². The van der Waals surface area contributed by atoms with Crippen molar-refractivity contribution in [2.45, 2.75) is 24.9 Å². The topological polar surface area (TPSA) is 78.5 Å². The second-order valence-corrected chi connectivity index (χ2v) is 8.10. The number of halogens is 1. The first kappa shape index (κ1) is 22.2. The summed E-state index contributed by atoms with van der Waals surface area (Å²) in [6.07, 6.45) is 0.256. The first-order chi connectivity index (χ1) is 15.9. The minimum Gasteiger partial charge on any atom is -0.348 e. The summed E-state index contributed by atoms with van der Waals surface area (Å²) >= 11 is 0. The van der Waals surface area contributed by atoms with Crippen molar-refractivity contribution in [1.82, 2.24) is 15.5 Å². The molecule has 0 aromatic heterocycles. The maximum absolute atomic E-state index is 13.6. The Morgan fingerprint density at radius 1 is 0.970 bits per heavy atom. The zero-order chi connectivity index (χ0) is 23.4. The molecule has 3 aromatic carbocycles. The second-order valence-electron chi connectivity index (χ2n) is 8.10. The molecule has 4 amide bonds. The van der Waals surface area contributed by atoms with E-state index in [2.05, 4.69) is 10.6 Å². The van der Waals surface area contributed by atoms with E-state index >= 15 is 0 Å². The number of hydrogen-bond acceptors (Lipinski definition) is 3. The van der Waals surface area contributed by atoms with Gasteiger partial charge in [-0.3, -0.25) is 14.5 Å². The van der Waals surface area contributed by atoms with Crippen LogP contribution >= 0.6 is 0 Å². The van der Waals surface area contributed by atoms with Crippen LogP contribution in [0.4, 0.5) is 9.18 Å². The minimum absolute atomic E-state index is 0.256. The number of nitrogens with one attached hydrogen (secondary N) is 2. The van der Waals surface area contributed by atoms with Gasteiger partial charge in [0.05, 0.1) is 6.04 Å². The Balaban J connectivity index is 1.55. The average Bonchev–Trinajstić information content (AvgIpc) is 3.05. The molecule has 0 radical (unpaired) electrons. The quantitative estimate of drug-likeness (QED) is 0.545. The zero-order valence-electron chi connectivity index (χ0n) is 18.1. The number of urea groups is 1. The maximum Gasteiger partial charge on any atom is 0.325 e. The number of carbonyl (C=O) groups excluding carboxylic acids is 3. The Morgan fingerprint density at radius 3 is 2.21 bits per heavy atom. The first-order valence-electron chi connectivity index (χ1n) is 10.7. The van der Waals surface area contributed by atoms with Gasteiger partial charge < -0.3 is 10.6 Å². The van der Waals surface area contributed by atoms with Crippen LogP contribution in [0, 0.1) is 5.82 Å². The highest BCUT2D eigenvalue weighted by molar-refractivity contribution is 6.09.